The summed E-state index contributed by atoms with van der Waals surface area (Å²) in [5.74, 6) is 0.484. The Hall–Kier alpha value is -3.56. The molecular formula is C25H29F3N4O3. The van der Waals surface area contributed by atoms with E-state index in [2.05, 4.69) is 15.5 Å². The van der Waals surface area contributed by atoms with Crippen molar-refractivity contribution in [2.75, 3.05) is 18.4 Å². The number of halogens is 3. The lowest BCUT2D eigenvalue weighted by atomic mass is 9.90. The molecule has 0 aliphatic rings. The summed E-state index contributed by atoms with van der Waals surface area (Å²) in [6.07, 6.45) is -5.44. The first kappa shape index (κ1) is 26.1. The van der Waals surface area contributed by atoms with E-state index in [9.17, 15) is 23.1 Å². The molecule has 0 saturated heterocycles. The van der Waals surface area contributed by atoms with Crippen molar-refractivity contribution in [3.05, 3.63) is 60.0 Å². The molecule has 0 unspecified atom stereocenters. The molecule has 35 heavy (non-hydrogen) atoms. The molecule has 1 amide bonds. The summed E-state index contributed by atoms with van der Waals surface area (Å²) in [4.78, 5) is 13.1. The second-order valence-electron chi connectivity index (χ2n) is 10.2. The lowest BCUT2D eigenvalue weighted by Crippen LogP contribution is -2.44. The lowest BCUT2D eigenvalue weighted by molar-refractivity contribution is -0.137. The molecule has 188 valence electrons. The van der Waals surface area contributed by atoms with E-state index in [-0.39, 0.29) is 23.7 Å². The fourth-order valence-electron chi connectivity index (χ4n) is 3.59. The third-order valence-corrected chi connectivity index (χ3v) is 5.17. The maximum absolute atomic E-state index is 12.9. The maximum Gasteiger partial charge on any atom is 0.416 e. The zero-order valence-corrected chi connectivity index (χ0v) is 20.3. The van der Waals surface area contributed by atoms with Crippen molar-refractivity contribution in [1.82, 2.24) is 15.1 Å². The summed E-state index contributed by atoms with van der Waals surface area (Å²) in [6.45, 7) is 10.0. The molecular weight excluding hydrogens is 461 g/mol. The number of benzene rings is 2. The number of alkyl halides is 3. The second-order valence-corrected chi connectivity index (χ2v) is 10.2. The normalized spacial score (nSPS) is 12.5. The van der Waals surface area contributed by atoms with Gasteiger partial charge in [-0.3, -0.25) is 0 Å². The van der Waals surface area contributed by atoms with E-state index in [1.54, 1.807) is 24.3 Å². The van der Waals surface area contributed by atoms with Crippen LogP contribution >= 0.6 is 0 Å². The molecule has 7 nitrogen and oxygen atoms in total. The van der Waals surface area contributed by atoms with E-state index >= 15 is 0 Å². The number of nitrogens with one attached hydrogen (secondary N) is 1. The minimum absolute atomic E-state index is 0.159. The van der Waals surface area contributed by atoms with Crippen LogP contribution in [0.1, 0.15) is 46.1 Å². The number of hydrogen-bond acceptors (Lipinski definition) is 5. The van der Waals surface area contributed by atoms with Crippen molar-refractivity contribution in [1.29, 1.82) is 0 Å². The van der Waals surface area contributed by atoms with Crippen molar-refractivity contribution in [3.63, 3.8) is 0 Å². The molecule has 2 N–H and O–H groups in total. The summed E-state index contributed by atoms with van der Waals surface area (Å²) in [5.41, 5.74) is -0.124. The molecule has 0 aliphatic heterocycles. The Balaban J connectivity index is 1.84. The Kier molecular flexibility index (Phi) is 7.14. The second kappa shape index (κ2) is 9.59. The Labute approximate surface area is 202 Å². The van der Waals surface area contributed by atoms with Crippen molar-refractivity contribution in [3.8, 4) is 11.5 Å². The number of nitrogens with zero attached hydrogens (tertiary/aromatic N) is 3. The first-order valence-electron chi connectivity index (χ1n) is 11.0. The zero-order valence-electron chi connectivity index (χ0n) is 20.3. The highest BCUT2D eigenvalue weighted by atomic mass is 19.4. The van der Waals surface area contributed by atoms with E-state index in [1.165, 1.54) is 17.0 Å². The zero-order chi connectivity index (χ0) is 26.0. The number of anilines is 2. The van der Waals surface area contributed by atoms with Crippen LogP contribution in [0.2, 0.25) is 0 Å². The summed E-state index contributed by atoms with van der Waals surface area (Å²) < 4.78 is 44.5. The van der Waals surface area contributed by atoms with Gasteiger partial charge in [0.15, 0.2) is 0 Å². The Morgan fingerprint density at radius 3 is 2.17 bits per heavy atom. The molecule has 0 fully saturated rings. The molecule has 0 spiro atoms. The minimum atomic E-state index is -4.41. The number of hydrogen-bond donors (Lipinski definition) is 2. The van der Waals surface area contributed by atoms with Gasteiger partial charge in [-0.15, -0.1) is 10.2 Å². The van der Waals surface area contributed by atoms with Crippen LogP contribution in [0.25, 0.3) is 11.5 Å². The van der Waals surface area contributed by atoms with Crippen molar-refractivity contribution in [2.45, 2.75) is 46.2 Å². The maximum atomic E-state index is 12.9. The van der Waals surface area contributed by atoms with Crippen LogP contribution < -0.4 is 5.32 Å². The smallest absolute Gasteiger partial charge is 0.416 e. The number of carboxylic acid groups (broad SMARTS) is 1. The van der Waals surface area contributed by atoms with Gasteiger partial charge in [0.2, 0.25) is 11.8 Å². The SMILES string of the molecule is CC(C)(C)CN(CC(C)(C)c1nnc(-c2ccccc2Nc2ccc(C(F)(F)F)cc2)o1)C(=O)O. The average Bonchev–Trinajstić information content (AvgIpc) is 3.23. The van der Waals surface area contributed by atoms with Gasteiger partial charge in [-0.25, -0.2) is 4.79 Å². The molecule has 2 aromatic carbocycles. The van der Waals surface area contributed by atoms with Crippen LogP contribution in [0, 0.1) is 5.41 Å². The fraction of sp³-hybridized carbons (Fsp3) is 0.400. The highest BCUT2D eigenvalue weighted by Gasteiger charge is 2.34. The Morgan fingerprint density at radius 2 is 1.60 bits per heavy atom. The third kappa shape index (κ3) is 6.74. The van der Waals surface area contributed by atoms with Gasteiger partial charge in [-0.1, -0.05) is 32.9 Å². The predicted octanol–water partition coefficient (Wildman–Crippen LogP) is 6.80. The Bertz CT molecular complexity index is 1170. The van der Waals surface area contributed by atoms with Crippen LogP contribution in [0.5, 0.6) is 0 Å². The molecule has 3 aromatic rings. The molecule has 10 heteroatoms. The van der Waals surface area contributed by atoms with Crippen LogP contribution in [0.3, 0.4) is 0 Å². The first-order chi connectivity index (χ1) is 16.2. The lowest BCUT2D eigenvalue weighted by Gasteiger charge is -2.32. The van der Waals surface area contributed by atoms with Gasteiger partial charge in [0.1, 0.15) is 0 Å². The topological polar surface area (TPSA) is 91.5 Å². The van der Waals surface area contributed by atoms with E-state index in [0.717, 1.165) is 12.1 Å². The molecule has 0 radical (unpaired) electrons. The van der Waals surface area contributed by atoms with Gasteiger partial charge >= 0.3 is 12.3 Å². The largest absolute Gasteiger partial charge is 0.465 e. The summed E-state index contributed by atoms with van der Waals surface area (Å²) >= 11 is 0. The average molecular weight is 491 g/mol. The molecule has 3 rings (SSSR count). The van der Waals surface area contributed by atoms with E-state index in [1.807, 2.05) is 34.6 Å². The molecule has 1 aromatic heterocycles. The minimum Gasteiger partial charge on any atom is -0.465 e. The number of carbonyl (C=O) groups is 1. The molecule has 1 heterocycles. The van der Waals surface area contributed by atoms with Crippen molar-refractivity contribution >= 4 is 17.5 Å². The van der Waals surface area contributed by atoms with Gasteiger partial charge in [0, 0.05) is 18.8 Å². The number of para-hydroxylation sites is 1. The highest BCUT2D eigenvalue weighted by Crippen LogP contribution is 2.34. The molecule has 0 bridgehead atoms. The van der Waals surface area contributed by atoms with E-state index in [0.29, 0.717) is 23.5 Å². The number of rotatable bonds is 7. The molecule has 0 atom stereocenters. The summed E-state index contributed by atoms with van der Waals surface area (Å²) in [5, 5.41) is 21.1. The summed E-state index contributed by atoms with van der Waals surface area (Å²) in [7, 11) is 0. The van der Waals surface area contributed by atoms with Gasteiger partial charge in [-0.05, 0) is 55.7 Å². The van der Waals surface area contributed by atoms with Crippen LogP contribution in [0.4, 0.5) is 29.3 Å². The van der Waals surface area contributed by atoms with Gasteiger partial charge in [-0.2, -0.15) is 13.2 Å². The van der Waals surface area contributed by atoms with Gasteiger partial charge in [0.25, 0.3) is 0 Å². The fourth-order valence-corrected chi connectivity index (χ4v) is 3.59. The Morgan fingerprint density at radius 1 is 0.971 bits per heavy atom. The standard InChI is InChI=1S/C25H29F3N4O3/c1-23(2,3)14-32(22(33)34)15-24(4,5)21-31-30-20(35-21)18-8-6-7-9-19(18)29-17-12-10-16(11-13-17)25(26,27)28/h6-13,29H,14-15H2,1-5H3,(H,33,34). The molecule has 0 aliphatic carbocycles. The number of aromatic nitrogens is 2. The van der Waals surface area contributed by atoms with Crippen LogP contribution in [-0.4, -0.2) is 39.4 Å². The predicted molar refractivity (Wildman–Crippen MR) is 127 cm³/mol. The van der Waals surface area contributed by atoms with Crippen molar-refractivity contribution < 1.29 is 27.5 Å². The first-order valence-corrected chi connectivity index (χ1v) is 11.0. The van der Waals surface area contributed by atoms with Crippen LogP contribution in [0.15, 0.2) is 52.9 Å². The van der Waals surface area contributed by atoms with Gasteiger partial charge < -0.3 is 19.7 Å². The number of amides is 1. The molecule has 0 saturated carbocycles. The third-order valence-electron chi connectivity index (χ3n) is 5.17. The van der Waals surface area contributed by atoms with Gasteiger partial charge in [0.05, 0.1) is 22.2 Å². The highest BCUT2D eigenvalue weighted by molar-refractivity contribution is 5.76. The summed E-state index contributed by atoms with van der Waals surface area (Å²) in [6, 6.07) is 11.7. The van der Waals surface area contributed by atoms with E-state index in [4.69, 9.17) is 4.42 Å². The quantitative estimate of drug-likeness (QED) is 0.378. The van der Waals surface area contributed by atoms with E-state index < -0.39 is 23.2 Å². The van der Waals surface area contributed by atoms with Crippen molar-refractivity contribution in [2.24, 2.45) is 5.41 Å². The van der Waals surface area contributed by atoms with Crippen LogP contribution in [-0.2, 0) is 11.6 Å². The monoisotopic (exact) mass is 490 g/mol.